The highest BCUT2D eigenvalue weighted by Gasteiger charge is 2.44. The molecule has 0 aliphatic heterocycles. The van der Waals surface area contributed by atoms with E-state index in [1.165, 1.54) is 0 Å². The molecule has 78 valence electrons. The molecule has 13 heavy (non-hydrogen) atoms. The zero-order valence-corrected chi connectivity index (χ0v) is 10.9. The summed E-state index contributed by atoms with van der Waals surface area (Å²) in [7, 11) is 2.58. The molecule has 0 aliphatic rings. The van der Waals surface area contributed by atoms with E-state index in [4.69, 9.17) is 0 Å². The van der Waals surface area contributed by atoms with Gasteiger partial charge in [0.05, 0.1) is 0 Å². The molecule has 0 rings (SSSR count). The van der Waals surface area contributed by atoms with Crippen molar-refractivity contribution in [3.8, 4) is 0 Å². The summed E-state index contributed by atoms with van der Waals surface area (Å²) in [5, 5.41) is 0.272. The summed E-state index contributed by atoms with van der Waals surface area (Å²) in [6, 6.07) is 0. The third kappa shape index (κ3) is 2.42. The first-order valence-corrected chi connectivity index (χ1v) is 6.90. The molecule has 0 spiro atoms. The van der Waals surface area contributed by atoms with Gasteiger partial charge in [-0.05, 0) is 25.7 Å². The van der Waals surface area contributed by atoms with Gasteiger partial charge in [0.25, 0.3) is 0 Å². The van der Waals surface area contributed by atoms with Crippen LogP contribution < -0.4 is 4.98 Å². The first-order valence-electron chi connectivity index (χ1n) is 4.88. The third-order valence-electron chi connectivity index (χ3n) is 2.59. The maximum atomic E-state index is 4.00. The standard InChI is InChI=1S/C10H24N2Si/c1-8-11-13(9-2,12(6)7)10(3,4)5/h9,11H,2,8H2,1,3-7H3. The second-order valence-corrected chi connectivity index (χ2v) is 9.33. The second-order valence-electron chi connectivity index (χ2n) is 4.65. The van der Waals surface area contributed by atoms with Crippen molar-refractivity contribution >= 4 is 8.40 Å². The number of nitrogens with zero attached hydrogens (tertiary/aromatic N) is 1. The van der Waals surface area contributed by atoms with Gasteiger partial charge in [0.15, 0.2) is 0 Å². The Morgan fingerprint density at radius 1 is 1.38 bits per heavy atom. The van der Waals surface area contributed by atoms with Crippen LogP contribution in [0.4, 0.5) is 0 Å². The fraction of sp³-hybridized carbons (Fsp3) is 0.800. The Balaban J connectivity index is 4.98. The van der Waals surface area contributed by atoms with Crippen LogP contribution in [-0.4, -0.2) is 33.6 Å². The summed E-state index contributed by atoms with van der Waals surface area (Å²) < 4.78 is 2.32. The first-order chi connectivity index (χ1) is 5.81. The average Bonchev–Trinajstić information content (AvgIpc) is 1.96. The fourth-order valence-electron chi connectivity index (χ4n) is 1.92. The molecule has 1 atom stereocenters. The monoisotopic (exact) mass is 200 g/mol. The Morgan fingerprint density at radius 2 is 1.85 bits per heavy atom. The molecule has 0 saturated carbocycles. The summed E-state index contributed by atoms with van der Waals surface area (Å²) in [5.74, 6) is 0. The second kappa shape index (κ2) is 4.40. The minimum Gasteiger partial charge on any atom is -0.322 e. The van der Waals surface area contributed by atoms with Crippen LogP contribution in [0.25, 0.3) is 0 Å². The van der Waals surface area contributed by atoms with Crippen LogP contribution in [0.3, 0.4) is 0 Å². The largest absolute Gasteiger partial charge is 0.322 e. The molecule has 2 nitrogen and oxygen atoms in total. The van der Waals surface area contributed by atoms with Gasteiger partial charge in [0.2, 0.25) is 8.40 Å². The van der Waals surface area contributed by atoms with Crippen molar-refractivity contribution in [2.45, 2.75) is 32.7 Å². The fourth-order valence-corrected chi connectivity index (χ4v) is 5.77. The molecule has 3 heteroatoms. The van der Waals surface area contributed by atoms with Crippen molar-refractivity contribution < 1.29 is 0 Å². The van der Waals surface area contributed by atoms with Gasteiger partial charge in [-0.1, -0.05) is 33.4 Å². The minimum absolute atomic E-state index is 0.272. The zero-order valence-electron chi connectivity index (χ0n) is 9.94. The van der Waals surface area contributed by atoms with E-state index in [1.54, 1.807) is 0 Å². The van der Waals surface area contributed by atoms with E-state index in [-0.39, 0.29) is 5.04 Å². The van der Waals surface area contributed by atoms with Gasteiger partial charge >= 0.3 is 0 Å². The topological polar surface area (TPSA) is 15.3 Å². The molecule has 0 fully saturated rings. The minimum atomic E-state index is -1.70. The Kier molecular flexibility index (Phi) is 4.36. The predicted octanol–water partition coefficient (Wildman–Crippen LogP) is 2.12. The Bertz CT molecular complexity index is 172. The van der Waals surface area contributed by atoms with E-state index in [0.29, 0.717) is 0 Å². The van der Waals surface area contributed by atoms with Gasteiger partial charge in [-0.2, -0.15) is 0 Å². The number of hydrogen-bond donors (Lipinski definition) is 1. The van der Waals surface area contributed by atoms with Gasteiger partial charge in [0, 0.05) is 0 Å². The predicted molar refractivity (Wildman–Crippen MR) is 63.0 cm³/mol. The molecule has 1 unspecified atom stereocenters. The summed E-state index contributed by atoms with van der Waals surface area (Å²) in [4.78, 5) is 3.63. The van der Waals surface area contributed by atoms with Crippen molar-refractivity contribution in [3.05, 3.63) is 12.3 Å². The van der Waals surface area contributed by atoms with Crippen LogP contribution in [0.1, 0.15) is 27.7 Å². The molecular weight excluding hydrogens is 176 g/mol. The lowest BCUT2D eigenvalue weighted by molar-refractivity contribution is 0.526. The SMILES string of the molecule is C=C[Si](NCC)(N(C)C)C(C)(C)C. The van der Waals surface area contributed by atoms with Crippen molar-refractivity contribution in [2.75, 3.05) is 20.6 Å². The zero-order chi connectivity index (χ0) is 10.7. The smallest absolute Gasteiger partial charge is 0.234 e. The average molecular weight is 200 g/mol. The van der Waals surface area contributed by atoms with Crippen molar-refractivity contribution in [3.63, 3.8) is 0 Å². The third-order valence-corrected chi connectivity index (χ3v) is 7.77. The lowest BCUT2D eigenvalue weighted by Crippen LogP contribution is -2.65. The maximum Gasteiger partial charge on any atom is 0.234 e. The molecule has 0 aromatic rings. The first kappa shape index (κ1) is 12.9. The Morgan fingerprint density at radius 3 is 1.92 bits per heavy atom. The van der Waals surface area contributed by atoms with Crippen LogP contribution in [0, 0.1) is 0 Å². The van der Waals surface area contributed by atoms with Crippen molar-refractivity contribution in [1.29, 1.82) is 0 Å². The van der Waals surface area contributed by atoms with Gasteiger partial charge in [-0.25, -0.2) is 0 Å². The van der Waals surface area contributed by atoms with Crippen LogP contribution in [-0.2, 0) is 0 Å². The molecule has 0 aromatic heterocycles. The lowest BCUT2D eigenvalue weighted by Gasteiger charge is -2.45. The quantitative estimate of drug-likeness (QED) is 0.699. The molecule has 1 N–H and O–H groups in total. The molecular formula is C10H24N2Si. The molecule has 0 heterocycles. The number of hydrogen-bond acceptors (Lipinski definition) is 2. The highest BCUT2D eigenvalue weighted by molar-refractivity contribution is 6.82. The maximum absolute atomic E-state index is 4.00. The molecule has 0 aromatic carbocycles. The van der Waals surface area contributed by atoms with Crippen molar-refractivity contribution in [2.24, 2.45) is 0 Å². The summed E-state index contributed by atoms with van der Waals surface area (Å²) in [5.41, 5.74) is 2.14. The van der Waals surface area contributed by atoms with E-state index in [2.05, 4.69) is 63.6 Å². The van der Waals surface area contributed by atoms with E-state index < -0.39 is 8.40 Å². The Hall–Kier alpha value is -0.123. The van der Waals surface area contributed by atoms with E-state index in [0.717, 1.165) is 6.54 Å². The summed E-state index contributed by atoms with van der Waals surface area (Å²) >= 11 is 0. The van der Waals surface area contributed by atoms with Crippen molar-refractivity contribution in [1.82, 2.24) is 9.55 Å². The highest BCUT2D eigenvalue weighted by Crippen LogP contribution is 2.35. The van der Waals surface area contributed by atoms with Gasteiger partial charge in [-0.3, -0.25) is 0 Å². The van der Waals surface area contributed by atoms with Gasteiger partial charge < -0.3 is 9.55 Å². The van der Waals surface area contributed by atoms with E-state index in [9.17, 15) is 0 Å². The summed E-state index contributed by atoms with van der Waals surface area (Å²) in [6.07, 6.45) is 0. The van der Waals surface area contributed by atoms with E-state index >= 15 is 0 Å². The Labute approximate surface area is 84.2 Å². The van der Waals surface area contributed by atoms with Gasteiger partial charge in [0.1, 0.15) is 0 Å². The normalized spacial score (nSPS) is 17.2. The summed E-state index contributed by atoms with van der Waals surface area (Å²) in [6.45, 7) is 14.0. The highest BCUT2D eigenvalue weighted by atomic mass is 28.3. The van der Waals surface area contributed by atoms with Crippen LogP contribution >= 0.6 is 0 Å². The molecule has 0 amide bonds. The van der Waals surface area contributed by atoms with Crippen LogP contribution in [0.15, 0.2) is 12.3 Å². The molecule has 0 saturated heterocycles. The number of nitrogens with one attached hydrogen (secondary N) is 1. The van der Waals surface area contributed by atoms with Crippen LogP contribution in [0.5, 0.6) is 0 Å². The lowest BCUT2D eigenvalue weighted by atomic mass is 10.2. The van der Waals surface area contributed by atoms with Gasteiger partial charge in [-0.15, -0.1) is 6.58 Å². The number of rotatable bonds is 4. The van der Waals surface area contributed by atoms with E-state index in [1.807, 2.05) is 0 Å². The molecule has 0 aliphatic carbocycles. The molecule has 0 radical (unpaired) electrons. The van der Waals surface area contributed by atoms with Crippen LogP contribution in [0.2, 0.25) is 5.04 Å². The molecule has 0 bridgehead atoms.